The maximum Gasteiger partial charge on any atom is 0.337 e. The minimum absolute atomic E-state index is 0.384. The number of methoxy groups -OCH3 is 1. The Morgan fingerprint density at radius 3 is 2.50 bits per heavy atom. The molecular weight excluding hydrogens is 358 g/mol. The SMILES string of the molecule is COC(=O)c1ccc(/C=N\NC(=O)CC(=O)Nc2cccc(Cl)c2)cc1. The Bertz CT molecular complexity index is 835. The molecule has 0 spiro atoms. The maximum atomic E-state index is 11.8. The second kappa shape index (κ2) is 9.33. The van der Waals surface area contributed by atoms with Crippen molar-refractivity contribution in [2.24, 2.45) is 5.10 Å². The topological polar surface area (TPSA) is 96.9 Å². The highest BCUT2D eigenvalue weighted by molar-refractivity contribution is 6.30. The van der Waals surface area contributed by atoms with Crippen LogP contribution in [-0.4, -0.2) is 31.1 Å². The van der Waals surface area contributed by atoms with Gasteiger partial charge in [0, 0.05) is 10.7 Å². The molecule has 0 unspecified atom stereocenters. The van der Waals surface area contributed by atoms with E-state index in [9.17, 15) is 14.4 Å². The zero-order chi connectivity index (χ0) is 18.9. The second-order valence-corrected chi connectivity index (χ2v) is 5.58. The highest BCUT2D eigenvalue weighted by atomic mass is 35.5. The van der Waals surface area contributed by atoms with Crippen LogP contribution in [0.5, 0.6) is 0 Å². The number of esters is 1. The van der Waals surface area contributed by atoms with Crippen LogP contribution in [0.1, 0.15) is 22.3 Å². The molecule has 0 saturated carbocycles. The zero-order valence-corrected chi connectivity index (χ0v) is 14.6. The number of hydrazone groups is 1. The van der Waals surface area contributed by atoms with Gasteiger partial charge in [0.25, 0.3) is 0 Å². The lowest BCUT2D eigenvalue weighted by atomic mass is 10.1. The average Bonchev–Trinajstić information content (AvgIpc) is 2.61. The number of carbonyl (C=O) groups is 3. The van der Waals surface area contributed by atoms with Crippen molar-refractivity contribution < 1.29 is 19.1 Å². The Kier molecular flexibility index (Phi) is 6.87. The lowest BCUT2D eigenvalue weighted by Crippen LogP contribution is -2.24. The van der Waals surface area contributed by atoms with Crippen molar-refractivity contribution in [1.82, 2.24) is 5.43 Å². The lowest BCUT2D eigenvalue weighted by Gasteiger charge is -2.04. The van der Waals surface area contributed by atoms with Gasteiger partial charge in [-0.2, -0.15) is 5.10 Å². The predicted octanol–water partition coefficient (Wildman–Crippen LogP) is 2.61. The fourth-order valence-electron chi connectivity index (χ4n) is 1.96. The maximum absolute atomic E-state index is 11.8. The van der Waals surface area contributed by atoms with E-state index in [2.05, 4.69) is 20.6 Å². The molecule has 134 valence electrons. The summed E-state index contributed by atoms with van der Waals surface area (Å²) in [6.07, 6.45) is 1.01. The molecule has 0 saturated heterocycles. The molecule has 0 aromatic heterocycles. The van der Waals surface area contributed by atoms with E-state index < -0.39 is 17.8 Å². The van der Waals surface area contributed by atoms with Gasteiger partial charge in [-0.15, -0.1) is 0 Å². The van der Waals surface area contributed by atoms with Crippen molar-refractivity contribution in [3.8, 4) is 0 Å². The molecule has 2 aromatic carbocycles. The molecule has 7 nitrogen and oxygen atoms in total. The fourth-order valence-corrected chi connectivity index (χ4v) is 2.15. The fraction of sp³-hybridized carbons (Fsp3) is 0.111. The van der Waals surface area contributed by atoms with Crippen LogP contribution in [0.15, 0.2) is 53.6 Å². The third kappa shape index (κ3) is 6.03. The molecule has 0 aliphatic rings. The molecule has 2 rings (SSSR count). The number of amides is 2. The van der Waals surface area contributed by atoms with E-state index in [1.807, 2.05) is 0 Å². The molecule has 0 aliphatic carbocycles. The van der Waals surface area contributed by atoms with E-state index in [-0.39, 0.29) is 6.42 Å². The Morgan fingerprint density at radius 2 is 1.85 bits per heavy atom. The summed E-state index contributed by atoms with van der Waals surface area (Å²) in [6.45, 7) is 0. The number of ether oxygens (including phenoxy) is 1. The number of rotatable bonds is 6. The number of benzene rings is 2. The van der Waals surface area contributed by atoms with Crippen molar-refractivity contribution in [3.05, 3.63) is 64.7 Å². The molecule has 0 aliphatic heterocycles. The van der Waals surface area contributed by atoms with Gasteiger partial charge < -0.3 is 10.1 Å². The highest BCUT2D eigenvalue weighted by Crippen LogP contribution is 2.14. The number of nitrogens with zero attached hydrogens (tertiary/aromatic N) is 1. The van der Waals surface area contributed by atoms with Crippen molar-refractivity contribution >= 4 is 41.3 Å². The van der Waals surface area contributed by atoms with Crippen LogP contribution in [0, 0.1) is 0 Å². The first-order valence-electron chi connectivity index (χ1n) is 7.53. The second-order valence-electron chi connectivity index (χ2n) is 5.14. The Hall–Kier alpha value is -3.19. The molecule has 0 heterocycles. The van der Waals surface area contributed by atoms with Crippen LogP contribution in [-0.2, 0) is 14.3 Å². The number of hydrogen-bond donors (Lipinski definition) is 2. The van der Waals surface area contributed by atoms with Gasteiger partial charge in [0.15, 0.2) is 0 Å². The predicted molar refractivity (Wildman–Crippen MR) is 98.2 cm³/mol. The molecular formula is C18H16ClN3O4. The summed E-state index contributed by atoms with van der Waals surface area (Å²) in [4.78, 5) is 34.8. The first-order chi connectivity index (χ1) is 12.5. The van der Waals surface area contributed by atoms with E-state index in [1.54, 1.807) is 48.5 Å². The number of carbonyl (C=O) groups excluding carboxylic acids is 3. The lowest BCUT2D eigenvalue weighted by molar-refractivity contribution is -0.126. The van der Waals surface area contributed by atoms with Gasteiger partial charge in [0.05, 0.1) is 18.9 Å². The zero-order valence-electron chi connectivity index (χ0n) is 13.9. The van der Waals surface area contributed by atoms with Gasteiger partial charge in [-0.1, -0.05) is 29.8 Å². The quantitative estimate of drug-likeness (QED) is 0.352. The minimum atomic E-state index is -0.563. The van der Waals surface area contributed by atoms with E-state index in [0.29, 0.717) is 21.8 Å². The van der Waals surface area contributed by atoms with E-state index in [4.69, 9.17) is 11.6 Å². The molecule has 2 amide bonds. The number of nitrogens with one attached hydrogen (secondary N) is 2. The summed E-state index contributed by atoms with van der Waals surface area (Å²) < 4.78 is 4.60. The first-order valence-corrected chi connectivity index (χ1v) is 7.91. The van der Waals surface area contributed by atoms with Gasteiger partial charge in [-0.05, 0) is 35.9 Å². The van der Waals surface area contributed by atoms with Crippen LogP contribution in [0.3, 0.4) is 0 Å². The minimum Gasteiger partial charge on any atom is -0.465 e. The van der Waals surface area contributed by atoms with E-state index in [0.717, 1.165) is 0 Å². The summed E-state index contributed by atoms with van der Waals surface area (Å²) in [5.74, 6) is -1.48. The molecule has 0 bridgehead atoms. The van der Waals surface area contributed by atoms with Gasteiger partial charge in [0.1, 0.15) is 6.42 Å². The molecule has 2 aromatic rings. The molecule has 0 radical (unpaired) electrons. The monoisotopic (exact) mass is 373 g/mol. The number of halogens is 1. The Labute approximate surface area is 155 Å². The van der Waals surface area contributed by atoms with Crippen LogP contribution in [0.4, 0.5) is 5.69 Å². The molecule has 0 atom stereocenters. The van der Waals surface area contributed by atoms with Crippen LogP contribution in [0.2, 0.25) is 5.02 Å². The van der Waals surface area contributed by atoms with Crippen LogP contribution >= 0.6 is 11.6 Å². The first kappa shape index (κ1) is 19.1. The highest BCUT2D eigenvalue weighted by Gasteiger charge is 2.09. The van der Waals surface area contributed by atoms with Crippen molar-refractivity contribution in [2.75, 3.05) is 12.4 Å². The van der Waals surface area contributed by atoms with Crippen molar-refractivity contribution in [1.29, 1.82) is 0 Å². The largest absolute Gasteiger partial charge is 0.465 e. The smallest absolute Gasteiger partial charge is 0.337 e. The van der Waals surface area contributed by atoms with Crippen LogP contribution in [0.25, 0.3) is 0 Å². The van der Waals surface area contributed by atoms with E-state index >= 15 is 0 Å². The van der Waals surface area contributed by atoms with E-state index in [1.165, 1.54) is 13.3 Å². The molecule has 2 N–H and O–H groups in total. The summed E-state index contributed by atoms with van der Waals surface area (Å²) in [5, 5.41) is 6.81. The van der Waals surface area contributed by atoms with Gasteiger partial charge in [-0.3, -0.25) is 9.59 Å². The standard InChI is InChI=1S/C18H16ClN3O4/c1-26-18(25)13-7-5-12(6-8-13)11-20-22-17(24)10-16(23)21-15-4-2-3-14(19)9-15/h2-9,11H,10H2,1H3,(H,21,23)(H,22,24)/b20-11-. The Morgan fingerprint density at radius 1 is 1.12 bits per heavy atom. The number of anilines is 1. The summed E-state index contributed by atoms with van der Waals surface area (Å²) in [7, 11) is 1.30. The third-order valence-corrected chi connectivity index (χ3v) is 3.40. The summed E-state index contributed by atoms with van der Waals surface area (Å²) >= 11 is 5.82. The number of hydrogen-bond acceptors (Lipinski definition) is 5. The summed E-state index contributed by atoms with van der Waals surface area (Å²) in [5.41, 5.74) is 3.84. The average molecular weight is 374 g/mol. The van der Waals surface area contributed by atoms with Gasteiger partial charge in [0.2, 0.25) is 11.8 Å². The Balaban J connectivity index is 1.81. The van der Waals surface area contributed by atoms with Crippen LogP contribution < -0.4 is 10.7 Å². The van der Waals surface area contributed by atoms with Gasteiger partial charge in [-0.25, -0.2) is 10.2 Å². The molecule has 26 heavy (non-hydrogen) atoms. The van der Waals surface area contributed by atoms with Crippen molar-refractivity contribution in [2.45, 2.75) is 6.42 Å². The molecule has 8 heteroatoms. The summed E-state index contributed by atoms with van der Waals surface area (Å²) in [6, 6.07) is 13.1. The normalized spacial score (nSPS) is 10.4. The third-order valence-electron chi connectivity index (χ3n) is 3.16. The molecule has 0 fully saturated rings. The van der Waals surface area contributed by atoms with Gasteiger partial charge >= 0.3 is 5.97 Å². The van der Waals surface area contributed by atoms with Crippen molar-refractivity contribution in [3.63, 3.8) is 0 Å².